The minimum absolute atomic E-state index is 0.0183. The molecule has 0 aliphatic carbocycles. The Morgan fingerprint density at radius 3 is 2.35 bits per heavy atom. The summed E-state index contributed by atoms with van der Waals surface area (Å²) in [5.41, 5.74) is 3.26. The zero-order valence-corrected chi connectivity index (χ0v) is 11.9. The highest BCUT2D eigenvalue weighted by Crippen LogP contribution is 2.05. The molecule has 1 amide bonds. The van der Waals surface area contributed by atoms with Gasteiger partial charge in [0.25, 0.3) is 5.91 Å². The number of unbranched alkanes of at least 4 members (excludes halogenated alkanes) is 1. The van der Waals surface area contributed by atoms with E-state index in [-0.39, 0.29) is 5.91 Å². The fraction of sp³-hybridized carbons (Fsp3) is 0.278. The van der Waals surface area contributed by atoms with Crippen molar-refractivity contribution < 1.29 is 4.79 Å². The minimum Gasteiger partial charge on any atom is -0.352 e. The largest absolute Gasteiger partial charge is 0.352 e. The van der Waals surface area contributed by atoms with Crippen LogP contribution in [0, 0.1) is 6.92 Å². The lowest BCUT2D eigenvalue weighted by atomic mass is 10.1. The normalized spacial score (nSPS) is 10.2. The van der Waals surface area contributed by atoms with Gasteiger partial charge >= 0.3 is 0 Å². The SMILES string of the molecule is Cc1ccc(C(=O)NCCCCc2ccccc2)cc1. The summed E-state index contributed by atoms with van der Waals surface area (Å²) < 4.78 is 0. The molecule has 0 saturated carbocycles. The van der Waals surface area contributed by atoms with E-state index in [2.05, 4.69) is 29.6 Å². The van der Waals surface area contributed by atoms with Crippen molar-refractivity contribution in [2.75, 3.05) is 6.54 Å². The number of carbonyl (C=O) groups is 1. The molecular weight excluding hydrogens is 246 g/mol. The predicted molar refractivity (Wildman–Crippen MR) is 82.9 cm³/mol. The third kappa shape index (κ3) is 4.54. The van der Waals surface area contributed by atoms with E-state index in [0.717, 1.165) is 31.4 Å². The van der Waals surface area contributed by atoms with Crippen molar-refractivity contribution in [2.45, 2.75) is 26.2 Å². The molecule has 20 heavy (non-hydrogen) atoms. The first-order chi connectivity index (χ1) is 9.75. The van der Waals surface area contributed by atoms with Crippen molar-refractivity contribution >= 4 is 5.91 Å². The van der Waals surface area contributed by atoms with Crippen molar-refractivity contribution in [2.24, 2.45) is 0 Å². The van der Waals surface area contributed by atoms with Gasteiger partial charge in [-0.2, -0.15) is 0 Å². The van der Waals surface area contributed by atoms with Gasteiger partial charge in [-0.1, -0.05) is 48.0 Å². The average molecular weight is 267 g/mol. The van der Waals surface area contributed by atoms with Crippen molar-refractivity contribution in [3.8, 4) is 0 Å². The Morgan fingerprint density at radius 2 is 1.65 bits per heavy atom. The van der Waals surface area contributed by atoms with Crippen molar-refractivity contribution in [1.82, 2.24) is 5.32 Å². The molecule has 0 bridgehead atoms. The Hall–Kier alpha value is -2.09. The van der Waals surface area contributed by atoms with Gasteiger partial charge in [0, 0.05) is 12.1 Å². The molecular formula is C18H21NO. The number of carbonyl (C=O) groups excluding carboxylic acids is 1. The molecule has 1 N–H and O–H groups in total. The maximum absolute atomic E-state index is 11.9. The number of benzene rings is 2. The second kappa shape index (κ2) is 7.49. The Bertz CT molecular complexity index is 531. The van der Waals surface area contributed by atoms with E-state index in [1.807, 2.05) is 37.3 Å². The molecule has 0 aromatic heterocycles. The zero-order valence-electron chi connectivity index (χ0n) is 11.9. The Balaban J connectivity index is 1.66. The van der Waals surface area contributed by atoms with E-state index < -0.39 is 0 Å². The molecule has 2 aromatic rings. The molecule has 0 fully saturated rings. The van der Waals surface area contributed by atoms with E-state index in [1.165, 1.54) is 11.1 Å². The molecule has 0 spiro atoms. The standard InChI is InChI=1S/C18H21NO/c1-15-10-12-17(13-11-15)18(20)19-14-6-5-9-16-7-3-2-4-8-16/h2-4,7-8,10-13H,5-6,9,14H2,1H3,(H,19,20). The van der Waals surface area contributed by atoms with E-state index >= 15 is 0 Å². The van der Waals surface area contributed by atoms with Crippen LogP contribution in [0.5, 0.6) is 0 Å². The first-order valence-corrected chi connectivity index (χ1v) is 7.14. The first kappa shape index (κ1) is 14.3. The number of hydrogen-bond donors (Lipinski definition) is 1. The van der Waals surface area contributed by atoms with Crippen LogP contribution in [0.2, 0.25) is 0 Å². The van der Waals surface area contributed by atoms with E-state index in [4.69, 9.17) is 0 Å². The fourth-order valence-corrected chi connectivity index (χ4v) is 2.11. The highest BCUT2D eigenvalue weighted by atomic mass is 16.1. The molecule has 0 saturated heterocycles. The first-order valence-electron chi connectivity index (χ1n) is 7.14. The summed E-state index contributed by atoms with van der Waals surface area (Å²) in [6.45, 7) is 2.75. The van der Waals surface area contributed by atoms with E-state index in [0.29, 0.717) is 0 Å². The maximum atomic E-state index is 11.9. The summed E-state index contributed by atoms with van der Waals surface area (Å²) in [7, 11) is 0. The van der Waals surface area contributed by atoms with Gasteiger partial charge in [-0.3, -0.25) is 4.79 Å². The number of nitrogens with one attached hydrogen (secondary N) is 1. The number of hydrogen-bond acceptors (Lipinski definition) is 1. The van der Waals surface area contributed by atoms with Gasteiger partial charge in [0.15, 0.2) is 0 Å². The summed E-state index contributed by atoms with van der Waals surface area (Å²) in [6.07, 6.45) is 3.17. The quantitative estimate of drug-likeness (QED) is 0.794. The number of rotatable bonds is 6. The molecule has 0 heterocycles. The third-order valence-corrected chi connectivity index (χ3v) is 3.33. The van der Waals surface area contributed by atoms with Gasteiger partial charge in [-0.05, 0) is 43.9 Å². The summed E-state index contributed by atoms with van der Waals surface area (Å²) in [5, 5.41) is 2.97. The molecule has 2 heteroatoms. The maximum Gasteiger partial charge on any atom is 0.251 e. The van der Waals surface area contributed by atoms with Gasteiger partial charge in [-0.25, -0.2) is 0 Å². The topological polar surface area (TPSA) is 29.1 Å². The summed E-state index contributed by atoms with van der Waals surface area (Å²) in [5.74, 6) is 0.0183. The number of aryl methyl sites for hydroxylation is 2. The molecule has 0 unspecified atom stereocenters. The van der Waals surface area contributed by atoms with Crippen molar-refractivity contribution in [1.29, 1.82) is 0 Å². The molecule has 0 aliphatic rings. The minimum atomic E-state index is 0.0183. The van der Waals surface area contributed by atoms with Crippen LogP contribution in [-0.4, -0.2) is 12.5 Å². The van der Waals surface area contributed by atoms with Crippen LogP contribution in [0.3, 0.4) is 0 Å². The number of amides is 1. The van der Waals surface area contributed by atoms with Gasteiger partial charge in [-0.15, -0.1) is 0 Å². The lowest BCUT2D eigenvalue weighted by molar-refractivity contribution is 0.0953. The highest BCUT2D eigenvalue weighted by molar-refractivity contribution is 5.94. The highest BCUT2D eigenvalue weighted by Gasteiger charge is 2.03. The molecule has 104 valence electrons. The van der Waals surface area contributed by atoms with Crippen LogP contribution in [0.15, 0.2) is 54.6 Å². The van der Waals surface area contributed by atoms with Crippen LogP contribution in [-0.2, 0) is 6.42 Å². The van der Waals surface area contributed by atoms with Crippen LogP contribution in [0.4, 0.5) is 0 Å². The molecule has 2 rings (SSSR count). The zero-order chi connectivity index (χ0) is 14.2. The lowest BCUT2D eigenvalue weighted by Gasteiger charge is -2.06. The van der Waals surface area contributed by atoms with Gasteiger partial charge < -0.3 is 5.32 Å². The lowest BCUT2D eigenvalue weighted by Crippen LogP contribution is -2.24. The predicted octanol–water partition coefficient (Wildman–Crippen LogP) is 3.75. The Kier molecular flexibility index (Phi) is 5.36. The summed E-state index contributed by atoms with van der Waals surface area (Å²) in [4.78, 5) is 11.9. The van der Waals surface area contributed by atoms with E-state index in [9.17, 15) is 4.79 Å². The van der Waals surface area contributed by atoms with Gasteiger partial charge in [0.1, 0.15) is 0 Å². The van der Waals surface area contributed by atoms with E-state index in [1.54, 1.807) is 0 Å². The Morgan fingerprint density at radius 1 is 0.950 bits per heavy atom. The van der Waals surface area contributed by atoms with Crippen molar-refractivity contribution in [3.05, 3.63) is 71.3 Å². The fourth-order valence-electron chi connectivity index (χ4n) is 2.11. The van der Waals surface area contributed by atoms with Gasteiger partial charge in [0.2, 0.25) is 0 Å². The molecule has 0 radical (unpaired) electrons. The second-order valence-electron chi connectivity index (χ2n) is 5.06. The van der Waals surface area contributed by atoms with Crippen LogP contribution < -0.4 is 5.32 Å². The second-order valence-corrected chi connectivity index (χ2v) is 5.06. The summed E-state index contributed by atoms with van der Waals surface area (Å²) in [6, 6.07) is 18.1. The van der Waals surface area contributed by atoms with Crippen LogP contribution in [0.25, 0.3) is 0 Å². The van der Waals surface area contributed by atoms with Crippen LogP contribution in [0.1, 0.15) is 34.3 Å². The van der Waals surface area contributed by atoms with Crippen LogP contribution >= 0.6 is 0 Å². The van der Waals surface area contributed by atoms with Crippen molar-refractivity contribution in [3.63, 3.8) is 0 Å². The molecule has 2 aromatic carbocycles. The smallest absolute Gasteiger partial charge is 0.251 e. The average Bonchev–Trinajstić information content (AvgIpc) is 2.48. The molecule has 0 aliphatic heterocycles. The Labute approximate surface area is 120 Å². The van der Waals surface area contributed by atoms with Gasteiger partial charge in [0.05, 0.1) is 0 Å². The monoisotopic (exact) mass is 267 g/mol. The summed E-state index contributed by atoms with van der Waals surface area (Å²) >= 11 is 0. The molecule has 2 nitrogen and oxygen atoms in total. The third-order valence-electron chi connectivity index (χ3n) is 3.33. The molecule has 0 atom stereocenters.